The van der Waals surface area contributed by atoms with E-state index in [1.807, 2.05) is 30.3 Å². The number of nitrogens with one attached hydrogen (secondary N) is 2. The van der Waals surface area contributed by atoms with Crippen molar-refractivity contribution >= 4 is 33.5 Å². The van der Waals surface area contributed by atoms with Gasteiger partial charge in [-0.05, 0) is 29.8 Å². The maximum Gasteiger partial charge on any atom is 0.412 e. The minimum Gasteiger partial charge on any atom is -0.488 e. The van der Waals surface area contributed by atoms with Crippen molar-refractivity contribution in [2.24, 2.45) is 10.8 Å². The lowest BCUT2D eigenvalue weighted by Gasteiger charge is -2.14. The molecule has 0 bridgehead atoms. The van der Waals surface area contributed by atoms with Crippen LogP contribution in [-0.4, -0.2) is 23.2 Å². The van der Waals surface area contributed by atoms with Gasteiger partial charge in [0.15, 0.2) is 18.2 Å². The maximum atomic E-state index is 12.3. The third kappa shape index (κ3) is 6.57. The van der Waals surface area contributed by atoms with Gasteiger partial charge in [-0.25, -0.2) is 9.63 Å². The largest absolute Gasteiger partial charge is 0.488 e. The van der Waals surface area contributed by atoms with Gasteiger partial charge in [0.25, 0.3) is 0 Å². The summed E-state index contributed by atoms with van der Waals surface area (Å²) in [6, 6.07) is 16.5. The number of hydrazone groups is 1. The molecular weight excluding hydrogens is 452 g/mol. The summed E-state index contributed by atoms with van der Waals surface area (Å²) in [6.45, 7) is 0.343. The highest BCUT2D eigenvalue weighted by Crippen LogP contribution is 2.34. The van der Waals surface area contributed by atoms with Crippen molar-refractivity contribution in [1.82, 2.24) is 15.1 Å². The second kappa shape index (κ2) is 11.9. The monoisotopic (exact) mass is 473 g/mol. The first-order valence-electron chi connectivity index (χ1n) is 9.38. The molecule has 4 N–H and O–H groups in total. The highest BCUT2D eigenvalue weighted by molar-refractivity contribution is 7.92. The van der Waals surface area contributed by atoms with Gasteiger partial charge < -0.3 is 20.5 Å². The van der Waals surface area contributed by atoms with Crippen LogP contribution >= 0.6 is 21.6 Å². The molecule has 166 valence electrons. The van der Waals surface area contributed by atoms with E-state index >= 15 is 0 Å². The molecule has 32 heavy (non-hydrogen) atoms. The summed E-state index contributed by atoms with van der Waals surface area (Å²) >= 11 is -0.170. The van der Waals surface area contributed by atoms with Crippen LogP contribution in [0.2, 0.25) is 0 Å². The Morgan fingerprint density at radius 3 is 2.75 bits per heavy atom. The quantitative estimate of drug-likeness (QED) is 0.142. The molecule has 0 radical (unpaired) electrons. The molecule has 1 amide bonds. The lowest BCUT2D eigenvalue weighted by Crippen LogP contribution is -2.25. The van der Waals surface area contributed by atoms with Crippen LogP contribution in [0, 0.1) is 0 Å². The molecule has 0 aliphatic heterocycles. The molecule has 0 spiro atoms. The lowest BCUT2D eigenvalue weighted by atomic mass is 10.0. The number of ether oxygens (including phenoxy) is 2. The predicted octanol–water partition coefficient (Wildman–Crippen LogP) is 3.99. The molecule has 0 fully saturated rings. The number of nitrogens with two attached hydrogens (primary N) is 1. The number of carbonyl (C=O) groups excluding carboxylic acids is 1. The summed E-state index contributed by atoms with van der Waals surface area (Å²) in [5, 5.41) is 6.25. The van der Waals surface area contributed by atoms with Crippen LogP contribution in [0.3, 0.4) is 0 Å². The van der Waals surface area contributed by atoms with E-state index in [0.717, 1.165) is 5.56 Å². The van der Waals surface area contributed by atoms with Crippen molar-refractivity contribution in [3.8, 4) is 22.6 Å². The van der Waals surface area contributed by atoms with E-state index in [1.165, 1.54) is 6.20 Å². The molecule has 1 atom stereocenters. The molecule has 1 aromatic heterocycles. The van der Waals surface area contributed by atoms with E-state index < -0.39 is 6.09 Å². The predicted molar refractivity (Wildman–Crippen MR) is 127 cm³/mol. The van der Waals surface area contributed by atoms with Gasteiger partial charge in [-0.2, -0.15) is 0 Å². The van der Waals surface area contributed by atoms with Gasteiger partial charge >= 0.3 is 6.09 Å². The molecule has 11 heteroatoms. The van der Waals surface area contributed by atoms with Gasteiger partial charge in [-0.3, -0.25) is 4.98 Å². The van der Waals surface area contributed by atoms with Crippen molar-refractivity contribution in [3.63, 3.8) is 0 Å². The topological polar surface area (TPSA) is 111 Å². The van der Waals surface area contributed by atoms with Crippen LogP contribution in [0.25, 0.3) is 11.1 Å². The van der Waals surface area contributed by atoms with E-state index in [2.05, 4.69) is 29.5 Å². The second-order valence-corrected chi connectivity index (χ2v) is 7.08. The number of amides is 1. The van der Waals surface area contributed by atoms with Crippen molar-refractivity contribution < 1.29 is 18.2 Å². The normalized spacial score (nSPS) is 11.0. The second-order valence-electron chi connectivity index (χ2n) is 6.33. The number of rotatable bonds is 9. The van der Waals surface area contributed by atoms with Crippen molar-refractivity contribution in [2.45, 2.75) is 6.61 Å². The van der Waals surface area contributed by atoms with Crippen LogP contribution in [0.4, 0.5) is 8.68 Å². The zero-order valence-corrected chi connectivity index (χ0v) is 18.8. The summed E-state index contributed by atoms with van der Waals surface area (Å²) in [5.74, 6) is 0.939. The Balaban J connectivity index is 1.95. The number of hydrogen-bond acceptors (Lipinski definition) is 7. The Morgan fingerprint density at radius 2 is 2.00 bits per heavy atom. The van der Waals surface area contributed by atoms with E-state index in [1.54, 1.807) is 30.5 Å². The number of amidine groups is 1. The highest BCUT2D eigenvalue weighted by atomic mass is 32.2. The summed E-state index contributed by atoms with van der Waals surface area (Å²) in [7, 11) is 2.38. The molecule has 0 saturated carbocycles. The van der Waals surface area contributed by atoms with Gasteiger partial charge in [0.2, 0.25) is 0 Å². The van der Waals surface area contributed by atoms with E-state index in [4.69, 9.17) is 15.2 Å². The zero-order chi connectivity index (χ0) is 22.8. The Morgan fingerprint density at radius 1 is 1.19 bits per heavy atom. The van der Waals surface area contributed by atoms with Gasteiger partial charge in [0.1, 0.15) is 18.1 Å². The molecule has 2 aromatic carbocycles. The SMILES string of the molecule is N/C(=N\NSF)c1cncc(-c2cc(OC(=O)NCP)ccc2OCc2ccccc2)c1. The Bertz CT molecular complexity index is 1090. The van der Waals surface area contributed by atoms with Crippen molar-refractivity contribution in [3.05, 3.63) is 78.1 Å². The molecule has 1 unspecified atom stereocenters. The third-order valence-corrected chi connectivity index (χ3v) is 4.56. The lowest BCUT2D eigenvalue weighted by molar-refractivity contribution is 0.202. The van der Waals surface area contributed by atoms with Crippen LogP contribution < -0.4 is 25.4 Å². The number of halogens is 1. The first-order valence-corrected chi connectivity index (χ1v) is 10.9. The summed E-state index contributed by atoms with van der Waals surface area (Å²) < 4.78 is 23.6. The van der Waals surface area contributed by atoms with Crippen LogP contribution in [0.1, 0.15) is 11.1 Å². The molecular formula is C21H21FN5O3PS. The zero-order valence-electron chi connectivity index (χ0n) is 16.8. The minimum absolute atomic E-state index is 0.0588. The average Bonchev–Trinajstić information content (AvgIpc) is 2.82. The number of pyridine rings is 1. The number of nitrogens with zero attached hydrogens (tertiary/aromatic N) is 2. The number of hydrogen-bond donors (Lipinski definition) is 3. The Labute approximate surface area is 191 Å². The van der Waals surface area contributed by atoms with E-state index in [0.29, 0.717) is 41.1 Å². The highest BCUT2D eigenvalue weighted by Gasteiger charge is 2.13. The first kappa shape index (κ1) is 23.3. The molecule has 1 heterocycles. The van der Waals surface area contributed by atoms with Crippen LogP contribution in [0.15, 0.2) is 72.1 Å². The summed E-state index contributed by atoms with van der Waals surface area (Å²) in [5.41, 5.74) is 8.64. The third-order valence-electron chi connectivity index (χ3n) is 4.19. The fourth-order valence-corrected chi connectivity index (χ4v) is 3.04. The standard InChI is InChI=1S/C21H21FN5O3PS/c22-32-27-26-20(23)16-8-15(10-24-11-16)18-9-17(30-21(28)25-13-31)6-7-19(18)29-12-14-4-2-1-3-5-14/h1-11,27H,12-13,31H2,(H2,23,26)(H,25,28). The van der Waals surface area contributed by atoms with Crippen molar-refractivity contribution in [1.29, 1.82) is 0 Å². The average molecular weight is 473 g/mol. The summed E-state index contributed by atoms with van der Waals surface area (Å²) in [4.78, 5) is 18.1. The minimum atomic E-state index is -0.582. The van der Waals surface area contributed by atoms with Gasteiger partial charge in [0.05, 0.1) is 0 Å². The van der Waals surface area contributed by atoms with Gasteiger partial charge in [0, 0.05) is 35.4 Å². The fourth-order valence-electron chi connectivity index (χ4n) is 2.74. The van der Waals surface area contributed by atoms with Gasteiger partial charge in [-0.1, -0.05) is 30.3 Å². The fraction of sp³-hybridized carbons (Fsp3) is 0.0952. The van der Waals surface area contributed by atoms with E-state index in [-0.39, 0.29) is 18.2 Å². The van der Waals surface area contributed by atoms with Crippen LogP contribution in [-0.2, 0) is 6.61 Å². The molecule has 0 aliphatic carbocycles. The number of aromatic nitrogens is 1. The molecule has 8 nitrogen and oxygen atoms in total. The van der Waals surface area contributed by atoms with E-state index in [9.17, 15) is 8.68 Å². The number of benzene rings is 2. The molecule has 0 saturated heterocycles. The Kier molecular flexibility index (Phi) is 8.65. The Hall–Kier alpha value is -3.36. The van der Waals surface area contributed by atoms with Gasteiger partial charge in [-0.15, -0.1) is 18.2 Å². The smallest absolute Gasteiger partial charge is 0.412 e. The first-order chi connectivity index (χ1) is 15.6. The maximum absolute atomic E-state index is 12.3. The molecule has 3 rings (SSSR count). The number of carbonyl (C=O) groups is 1. The molecule has 0 aliphatic rings. The van der Waals surface area contributed by atoms with Crippen molar-refractivity contribution in [2.75, 3.05) is 6.29 Å². The summed E-state index contributed by atoms with van der Waals surface area (Å²) in [6.07, 6.45) is 2.90. The van der Waals surface area contributed by atoms with Crippen LogP contribution in [0.5, 0.6) is 11.5 Å². The molecule has 3 aromatic rings.